The Labute approximate surface area is 109 Å². The number of thiol groups is 1. The Hall–Kier alpha value is -1.18. The maximum atomic E-state index is 12.4. The highest BCUT2D eigenvalue weighted by molar-refractivity contribution is 7.81. The van der Waals surface area contributed by atoms with E-state index in [0.717, 1.165) is 0 Å². The second kappa shape index (κ2) is 4.83. The first kappa shape index (κ1) is 14.9. The zero-order valence-corrected chi connectivity index (χ0v) is 11.1. The number of hydrogen-bond acceptors (Lipinski definition) is 5. The summed E-state index contributed by atoms with van der Waals surface area (Å²) in [5, 5.41) is 2.86. The van der Waals surface area contributed by atoms with E-state index in [0.29, 0.717) is 6.20 Å². The molecule has 1 heterocycles. The maximum Gasteiger partial charge on any atom is 0.421 e. The number of anilines is 2. The lowest BCUT2D eigenvalue weighted by Gasteiger charge is -2.27. The van der Waals surface area contributed by atoms with Crippen LogP contribution in [-0.2, 0) is 6.18 Å². The Balaban J connectivity index is 2.93. The molecule has 3 N–H and O–H groups in total. The van der Waals surface area contributed by atoms with E-state index in [2.05, 4.69) is 27.9 Å². The lowest BCUT2D eigenvalue weighted by molar-refractivity contribution is -0.137. The van der Waals surface area contributed by atoms with Crippen molar-refractivity contribution in [3.05, 3.63) is 11.8 Å². The van der Waals surface area contributed by atoms with Crippen molar-refractivity contribution in [3.8, 4) is 0 Å². The Morgan fingerprint density at radius 3 is 2.33 bits per heavy atom. The van der Waals surface area contributed by atoms with Gasteiger partial charge in [-0.1, -0.05) is 0 Å². The number of nitrogens with zero attached hydrogens (tertiary/aromatic N) is 2. The lowest BCUT2D eigenvalue weighted by atomic mass is 10.1. The minimum atomic E-state index is -4.54. The first-order valence-electron chi connectivity index (χ1n) is 5.20. The minimum Gasteiger partial charge on any atom is -0.383 e. The van der Waals surface area contributed by atoms with Gasteiger partial charge in [0, 0.05) is 17.0 Å². The average Bonchev–Trinajstić information content (AvgIpc) is 2.13. The number of nitrogen functional groups attached to an aromatic ring is 1. The summed E-state index contributed by atoms with van der Waals surface area (Å²) in [6.07, 6.45) is -3.88. The van der Waals surface area contributed by atoms with Crippen LogP contribution in [0, 0.1) is 0 Å². The van der Waals surface area contributed by atoms with Crippen molar-refractivity contribution in [2.45, 2.75) is 37.7 Å². The molecular formula is C10H15F3N4S. The molecule has 1 unspecified atom stereocenters. The molecule has 0 bridgehead atoms. The Morgan fingerprint density at radius 1 is 1.39 bits per heavy atom. The molecule has 1 aromatic heterocycles. The fourth-order valence-corrected chi connectivity index (χ4v) is 1.12. The van der Waals surface area contributed by atoms with Gasteiger partial charge in [0.05, 0.1) is 0 Å². The third kappa shape index (κ3) is 3.66. The number of nitrogens with two attached hydrogens (primary N) is 1. The van der Waals surface area contributed by atoms with Gasteiger partial charge in [-0.2, -0.15) is 30.8 Å². The standard InChI is InChI=1S/C10H15F3N4S/c1-5(9(2,3)18)16-8-15-4-6(7(14)17-8)10(11,12)13/h4-5,18H,1-3H3,(H3,14,15,16,17). The summed E-state index contributed by atoms with van der Waals surface area (Å²) in [6, 6.07) is -0.142. The van der Waals surface area contributed by atoms with E-state index in [-0.39, 0.29) is 16.7 Å². The SMILES string of the molecule is CC(Nc1ncc(C(F)(F)F)c(N)n1)C(C)(C)S. The van der Waals surface area contributed by atoms with Crippen LogP contribution in [0.15, 0.2) is 6.20 Å². The molecule has 102 valence electrons. The molecule has 1 atom stereocenters. The zero-order chi connectivity index (χ0) is 14.1. The summed E-state index contributed by atoms with van der Waals surface area (Å²) in [5.74, 6) is -0.542. The molecule has 1 rings (SSSR count). The molecule has 0 aliphatic carbocycles. The normalized spacial score (nSPS) is 14.4. The number of halogens is 3. The highest BCUT2D eigenvalue weighted by Gasteiger charge is 2.34. The molecule has 8 heteroatoms. The molecule has 0 aliphatic heterocycles. The molecule has 0 aliphatic rings. The second-order valence-corrected chi connectivity index (χ2v) is 5.66. The molecule has 0 aromatic carbocycles. The Morgan fingerprint density at radius 2 is 1.94 bits per heavy atom. The first-order chi connectivity index (χ1) is 8.01. The van der Waals surface area contributed by atoms with Gasteiger partial charge in [0.15, 0.2) is 0 Å². The van der Waals surface area contributed by atoms with Crippen LogP contribution in [0.25, 0.3) is 0 Å². The van der Waals surface area contributed by atoms with Crippen LogP contribution in [0.2, 0.25) is 0 Å². The van der Waals surface area contributed by atoms with Gasteiger partial charge < -0.3 is 11.1 Å². The van der Waals surface area contributed by atoms with Crippen LogP contribution in [-0.4, -0.2) is 20.8 Å². The second-order valence-electron chi connectivity index (χ2n) is 4.51. The van der Waals surface area contributed by atoms with E-state index in [1.54, 1.807) is 0 Å². The predicted molar refractivity (Wildman–Crippen MR) is 67.6 cm³/mol. The van der Waals surface area contributed by atoms with E-state index in [1.807, 2.05) is 20.8 Å². The smallest absolute Gasteiger partial charge is 0.383 e. The van der Waals surface area contributed by atoms with Crippen LogP contribution in [0.3, 0.4) is 0 Å². The van der Waals surface area contributed by atoms with E-state index in [4.69, 9.17) is 5.73 Å². The van der Waals surface area contributed by atoms with Gasteiger partial charge in [-0.05, 0) is 20.8 Å². The molecule has 0 saturated carbocycles. The predicted octanol–water partition coefficient (Wildman–Crippen LogP) is 2.59. The van der Waals surface area contributed by atoms with Crippen LogP contribution < -0.4 is 11.1 Å². The molecule has 1 aromatic rings. The fraction of sp³-hybridized carbons (Fsp3) is 0.600. The first-order valence-corrected chi connectivity index (χ1v) is 5.65. The van der Waals surface area contributed by atoms with Crippen molar-refractivity contribution in [2.24, 2.45) is 0 Å². The van der Waals surface area contributed by atoms with Crippen molar-refractivity contribution < 1.29 is 13.2 Å². The summed E-state index contributed by atoms with van der Waals surface area (Å²) in [5.41, 5.74) is 4.23. The highest BCUT2D eigenvalue weighted by Crippen LogP contribution is 2.32. The van der Waals surface area contributed by atoms with Crippen LogP contribution in [0.5, 0.6) is 0 Å². The van der Waals surface area contributed by atoms with Crippen molar-refractivity contribution in [1.82, 2.24) is 9.97 Å². The van der Waals surface area contributed by atoms with Crippen molar-refractivity contribution in [2.75, 3.05) is 11.1 Å². The third-order valence-electron chi connectivity index (χ3n) is 2.53. The van der Waals surface area contributed by atoms with Crippen molar-refractivity contribution >= 4 is 24.4 Å². The van der Waals surface area contributed by atoms with Crippen LogP contribution in [0.1, 0.15) is 26.3 Å². The summed E-state index contributed by atoms with van der Waals surface area (Å²) >= 11 is 4.34. The topological polar surface area (TPSA) is 63.8 Å². The molecule has 18 heavy (non-hydrogen) atoms. The van der Waals surface area contributed by atoms with Crippen molar-refractivity contribution in [1.29, 1.82) is 0 Å². The number of nitrogens with one attached hydrogen (secondary N) is 1. The van der Waals surface area contributed by atoms with Gasteiger partial charge in [-0.3, -0.25) is 0 Å². The van der Waals surface area contributed by atoms with Gasteiger partial charge in [0.1, 0.15) is 11.4 Å². The summed E-state index contributed by atoms with van der Waals surface area (Å²) in [4.78, 5) is 7.20. The van der Waals surface area contributed by atoms with Gasteiger partial charge in [-0.15, -0.1) is 0 Å². The molecule has 4 nitrogen and oxygen atoms in total. The number of rotatable bonds is 3. The molecule has 0 saturated heterocycles. The molecule has 0 spiro atoms. The lowest BCUT2D eigenvalue weighted by Crippen LogP contribution is -2.35. The Kier molecular flexibility index (Phi) is 3.99. The van der Waals surface area contributed by atoms with E-state index < -0.39 is 17.6 Å². The Bertz CT molecular complexity index is 428. The van der Waals surface area contributed by atoms with Gasteiger partial charge in [0.25, 0.3) is 0 Å². The highest BCUT2D eigenvalue weighted by atomic mass is 32.1. The summed E-state index contributed by atoms with van der Waals surface area (Å²) in [6.45, 7) is 5.55. The zero-order valence-electron chi connectivity index (χ0n) is 10.2. The molecule has 0 fully saturated rings. The maximum absolute atomic E-state index is 12.4. The quantitative estimate of drug-likeness (QED) is 0.745. The molecular weight excluding hydrogens is 265 g/mol. The van der Waals surface area contributed by atoms with Gasteiger partial charge >= 0.3 is 6.18 Å². The van der Waals surface area contributed by atoms with Gasteiger partial charge in [0.2, 0.25) is 5.95 Å². The number of aromatic nitrogens is 2. The van der Waals surface area contributed by atoms with Gasteiger partial charge in [-0.25, -0.2) is 4.98 Å². The number of hydrogen-bond donors (Lipinski definition) is 3. The summed E-state index contributed by atoms with van der Waals surface area (Å²) in [7, 11) is 0. The largest absolute Gasteiger partial charge is 0.421 e. The minimum absolute atomic E-state index is 0.0510. The average molecular weight is 280 g/mol. The van der Waals surface area contributed by atoms with E-state index in [9.17, 15) is 13.2 Å². The fourth-order valence-electron chi connectivity index (χ4n) is 1.05. The van der Waals surface area contributed by atoms with E-state index in [1.165, 1.54) is 0 Å². The molecule has 0 radical (unpaired) electrons. The van der Waals surface area contributed by atoms with Crippen LogP contribution in [0.4, 0.5) is 24.9 Å². The van der Waals surface area contributed by atoms with E-state index >= 15 is 0 Å². The monoisotopic (exact) mass is 280 g/mol. The third-order valence-corrected chi connectivity index (χ3v) is 2.92. The summed E-state index contributed by atoms with van der Waals surface area (Å²) < 4.78 is 36.9. The molecule has 0 amide bonds. The van der Waals surface area contributed by atoms with Crippen molar-refractivity contribution in [3.63, 3.8) is 0 Å². The number of alkyl halides is 3. The van der Waals surface area contributed by atoms with Crippen LogP contribution >= 0.6 is 12.6 Å².